The third-order valence-electron chi connectivity index (χ3n) is 3.52. The van der Waals surface area contributed by atoms with Gasteiger partial charge in [0.05, 0.1) is 15.6 Å². The Morgan fingerprint density at radius 2 is 1.86 bits per heavy atom. The average molecular weight is 434 g/mol. The molecule has 28 heavy (non-hydrogen) atoms. The Morgan fingerprint density at radius 3 is 2.50 bits per heavy atom. The summed E-state index contributed by atoms with van der Waals surface area (Å²) in [4.78, 5) is 19.6. The number of hydrogen-bond acceptors (Lipinski definition) is 4. The molecule has 0 aliphatic heterocycles. The summed E-state index contributed by atoms with van der Waals surface area (Å²) in [5, 5.41) is 10.5. The lowest BCUT2D eigenvalue weighted by atomic mass is 10.2. The maximum atomic E-state index is 12.5. The van der Waals surface area contributed by atoms with Gasteiger partial charge >= 0.3 is 6.18 Å². The summed E-state index contributed by atoms with van der Waals surface area (Å²) < 4.78 is 37.6. The number of carbonyl (C=O) groups excluding carboxylic acids is 1. The van der Waals surface area contributed by atoms with E-state index in [1.54, 1.807) is 31.3 Å². The van der Waals surface area contributed by atoms with Crippen LogP contribution in [-0.2, 0) is 12.6 Å². The Kier molecular flexibility index (Phi) is 8.06. The molecule has 152 valence electrons. The van der Waals surface area contributed by atoms with Gasteiger partial charge in [-0.05, 0) is 12.1 Å². The molecule has 0 fully saturated rings. The van der Waals surface area contributed by atoms with Crippen LogP contribution in [0.2, 0.25) is 5.02 Å². The van der Waals surface area contributed by atoms with Crippen LogP contribution in [0.3, 0.4) is 0 Å². The Hall–Kier alpha value is -2.33. The van der Waals surface area contributed by atoms with Gasteiger partial charge in [-0.25, -0.2) is 4.98 Å². The second kappa shape index (κ2) is 10.3. The number of carbonyl (C=O) groups is 1. The quantitative estimate of drug-likeness (QED) is 0.356. The molecule has 0 aliphatic rings. The predicted octanol–water partition coefficient (Wildman–Crippen LogP) is 2.95. The fourth-order valence-corrected chi connectivity index (χ4v) is 3.19. The number of alkyl halides is 3. The van der Waals surface area contributed by atoms with E-state index in [-0.39, 0.29) is 5.91 Å². The van der Waals surface area contributed by atoms with Gasteiger partial charge in [0.25, 0.3) is 5.91 Å². The minimum Gasteiger partial charge on any atom is -0.356 e. The number of aromatic nitrogens is 1. The smallest absolute Gasteiger partial charge is 0.356 e. The Morgan fingerprint density at radius 1 is 1.18 bits per heavy atom. The van der Waals surface area contributed by atoms with Crippen molar-refractivity contribution in [3.05, 3.63) is 50.9 Å². The number of aliphatic imine (C=N–C) groups is 1. The van der Waals surface area contributed by atoms with Gasteiger partial charge in [-0.3, -0.25) is 9.79 Å². The zero-order chi connectivity index (χ0) is 20.6. The molecule has 6 nitrogen and oxygen atoms in total. The van der Waals surface area contributed by atoms with Crippen molar-refractivity contribution in [2.45, 2.75) is 12.6 Å². The van der Waals surface area contributed by atoms with Gasteiger partial charge in [0, 0.05) is 38.5 Å². The first-order chi connectivity index (χ1) is 13.3. The molecule has 1 amide bonds. The minimum absolute atomic E-state index is 0.278. The molecular formula is C17H19ClF3N5OS. The number of halogens is 4. The average Bonchev–Trinajstić information content (AvgIpc) is 3.13. The number of nitrogens with zero attached hydrogens (tertiary/aromatic N) is 2. The van der Waals surface area contributed by atoms with Crippen LogP contribution in [0.4, 0.5) is 13.2 Å². The molecule has 0 spiro atoms. The van der Waals surface area contributed by atoms with Crippen molar-refractivity contribution in [3.8, 4) is 0 Å². The third-order valence-corrected chi connectivity index (χ3v) is 4.76. The highest BCUT2D eigenvalue weighted by Gasteiger charge is 2.33. The SMILES string of the molecule is CN=C(NCCNC(=O)c1ccccc1Cl)NCCc1nc(C(F)(F)F)cs1. The van der Waals surface area contributed by atoms with Crippen molar-refractivity contribution in [2.24, 2.45) is 4.99 Å². The first-order valence-electron chi connectivity index (χ1n) is 8.30. The second-order valence-electron chi connectivity index (χ2n) is 5.54. The van der Waals surface area contributed by atoms with Crippen LogP contribution in [0.1, 0.15) is 21.1 Å². The maximum Gasteiger partial charge on any atom is 0.434 e. The topological polar surface area (TPSA) is 78.4 Å². The molecule has 1 aromatic heterocycles. The maximum absolute atomic E-state index is 12.5. The van der Waals surface area contributed by atoms with Crippen molar-refractivity contribution in [2.75, 3.05) is 26.7 Å². The second-order valence-corrected chi connectivity index (χ2v) is 6.89. The third kappa shape index (κ3) is 6.68. The van der Waals surface area contributed by atoms with Gasteiger partial charge < -0.3 is 16.0 Å². The molecule has 3 N–H and O–H groups in total. The summed E-state index contributed by atoms with van der Waals surface area (Å²) >= 11 is 6.94. The number of benzene rings is 1. The van der Waals surface area contributed by atoms with E-state index in [0.717, 1.165) is 16.7 Å². The highest BCUT2D eigenvalue weighted by Crippen LogP contribution is 2.29. The van der Waals surface area contributed by atoms with E-state index >= 15 is 0 Å². The van der Waals surface area contributed by atoms with Crippen molar-refractivity contribution in [1.82, 2.24) is 20.9 Å². The molecule has 0 radical (unpaired) electrons. The summed E-state index contributed by atoms with van der Waals surface area (Å²) in [6.07, 6.45) is -4.08. The molecule has 0 unspecified atom stereocenters. The molecule has 0 atom stereocenters. The lowest BCUT2D eigenvalue weighted by Gasteiger charge is -2.12. The van der Waals surface area contributed by atoms with Gasteiger partial charge in [0.15, 0.2) is 11.7 Å². The molecule has 0 saturated carbocycles. The highest BCUT2D eigenvalue weighted by molar-refractivity contribution is 7.09. The highest BCUT2D eigenvalue weighted by atomic mass is 35.5. The molecule has 0 bridgehead atoms. The van der Waals surface area contributed by atoms with E-state index in [9.17, 15) is 18.0 Å². The Balaban J connectivity index is 1.68. The number of rotatable bonds is 7. The van der Waals surface area contributed by atoms with Crippen molar-refractivity contribution < 1.29 is 18.0 Å². The molecule has 2 aromatic rings. The summed E-state index contributed by atoms with van der Waals surface area (Å²) in [6, 6.07) is 6.74. The Bertz CT molecular complexity index is 825. The first kappa shape index (κ1) is 22.0. The fraction of sp³-hybridized carbons (Fsp3) is 0.353. The van der Waals surface area contributed by atoms with Crippen LogP contribution in [0.15, 0.2) is 34.6 Å². The van der Waals surface area contributed by atoms with Crippen molar-refractivity contribution >= 4 is 34.8 Å². The first-order valence-corrected chi connectivity index (χ1v) is 9.56. The largest absolute Gasteiger partial charge is 0.434 e. The molecule has 0 aliphatic carbocycles. The molecule has 1 aromatic carbocycles. The molecule has 2 rings (SSSR count). The van der Waals surface area contributed by atoms with E-state index in [0.29, 0.717) is 47.6 Å². The Labute approximate surface area is 169 Å². The number of guanidine groups is 1. The van der Waals surface area contributed by atoms with Crippen molar-refractivity contribution in [1.29, 1.82) is 0 Å². The summed E-state index contributed by atoms with van der Waals surface area (Å²) in [5.74, 6) is 0.194. The van der Waals surface area contributed by atoms with Crippen LogP contribution >= 0.6 is 22.9 Å². The van der Waals surface area contributed by atoms with E-state index in [1.807, 2.05) is 0 Å². The van der Waals surface area contributed by atoms with E-state index in [4.69, 9.17) is 11.6 Å². The van der Waals surface area contributed by atoms with Crippen molar-refractivity contribution in [3.63, 3.8) is 0 Å². The molecule has 0 saturated heterocycles. The number of amides is 1. The zero-order valence-electron chi connectivity index (χ0n) is 14.9. The molecule has 1 heterocycles. The van der Waals surface area contributed by atoms with E-state index in [2.05, 4.69) is 25.9 Å². The lowest BCUT2D eigenvalue weighted by Crippen LogP contribution is -2.42. The number of thiazole rings is 1. The van der Waals surface area contributed by atoms with Gasteiger partial charge in [0.1, 0.15) is 0 Å². The van der Waals surface area contributed by atoms with E-state index in [1.165, 1.54) is 0 Å². The van der Waals surface area contributed by atoms with E-state index < -0.39 is 11.9 Å². The van der Waals surface area contributed by atoms with Gasteiger partial charge in [0.2, 0.25) is 0 Å². The monoisotopic (exact) mass is 433 g/mol. The van der Waals surface area contributed by atoms with Crippen LogP contribution in [0.25, 0.3) is 0 Å². The van der Waals surface area contributed by atoms with Gasteiger partial charge in [-0.1, -0.05) is 23.7 Å². The van der Waals surface area contributed by atoms with Gasteiger partial charge in [-0.2, -0.15) is 13.2 Å². The van der Waals surface area contributed by atoms with Gasteiger partial charge in [-0.15, -0.1) is 11.3 Å². The summed E-state index contributed by atoms with van der Waals surface area (Å²) in [5.41, 5.74) is -0.474. The fourth-order valence-electron chi connectivity index (χ4n) is 2.16. The standard InChI is InChI=1S/C17H19ClF3N5OS/c1-22-16(24-7-6-14-26-13(10-28-14)17(19,20)21)25-9-8-23-15(27)11-4-2-3-5-12(11)18/h2-5,10H,6-9H2,1H3,(H,23,27)(H2,22,24,25). The summed E-state index contributed by atoms with van der Waals surface area (Å²) in [7, 11) is 1.57. The number of hydrogen-bond donors (Lipinski definition) is 3. The molecule has 11 heteroatoms. The minimum atomic E-state index is -4.42. The predicted molar refractivity (Wildman–Crippen MR) is 104 cm³/mol. The normalized spacial score (nSPS) is 12.0. The van der Waals surface area contributed by atoms with Crippen LogP contribution in [0.5, 0.6) is 0 Å². The summed E-state index contributed by atoms with van der Waals surface area (Å²) in [6.45, 7) is 1.12. The zero-order valence-corrected chi connectivity index (χ0v) is 16.5. The van der Waals surface area contributed by atoms with Crippen LogP contribution < -0.4 is 16.0 Å². The van der Waals surface area contributed by atoms with Crippen LogP contribution in [0, 0.1) is 0 Å². The number of nitrogens with one attached hydrogen (secondary N) is 3. The van der Waals surface area contributed by atoms with Crippen LogP contribution in [-0.4, -0.2) is 43.5 Å². The molecular weight excluding hydrogens is 415 g/mol. The lowest BCUT2D eigenvalue weighted by molar-refractivity contribution is -0.140.